The van der Waals surface area contributed by atoms with Crippen molar-refractivity contribution in [1.82, 2.24) is 4.98 Å². The topological polar surface area (TPSA) is 12.9 Å². The fourth-order valence-corrected chi connectivity index (χ4v) is 4.02. The Morgan fingerprint density at radius 3 is 2.68 bits per heavy atom. The first kappa shape index (κ1) is 14.8. The van der Waals surface area contributed by atoms with E-state index in [-0.39, 0.29) is 5.41 Å². The molecule has 1 aromatic carbocycles. The molecule has 0 N–H and O–H groups in total. The second-order valence-corrected chi connectivity index (χ2v) is 6.73. The molecule has 1 heterocycles. The zero-order chi connectivity index (χ0) is 13.7. The van der Waals surface area contributed by atoms with Crippen molar-refractivity contribution in [2.24, 2.45) is 5.41 Å². The van der Waals surface area contributed by atoms with Crippen molar-refractivity contribution in [3.05, 3.63) is 29.3 Å². The summed E-state index contributed by atoms with van der Waals surface area (Å²) in [6.07, 6.45) is 5.85. The fraction of sp³-hybridized carbons (Fsp3) is 0.562. The molecule has 3 heteroatoms. The minimum atomic E-state index is 0.228. The Balaban J connectivity index is 2.20. The van der Waals surface area contributed by atoms with Crippen LogP contribution in [0.4, 0.5) is 0 Å². The number of halogens is 1. The Morgan fingerprint density at radius 1 is 1.26 bits per heavy atom. The van der Waals surface area contributed by atoms with Gasteiger partial charge in [0.15, 0.2) is 0 Å². The van der Waals surface area contributed by atoms with Crippen LogP contribution in [0.25, 0.3) is 10.2 Å². The average molecular weight is 296 g/mol. The summed E-state index contributed by atoms with van der Waals surface area (Å²) in [5, 5.41) is 1.24. The molecule has 2 rings (SSSR count). The number of fused-ring (bicyclic) bond motifs is 1. The Labute approximate surface area is 125 Å². The van der Waals surface area contributed by atoms with Gasteiger partial charge in [-0.05, 0) is 30.4 Å². The molecule has 0 bridgehead atoms. The van der Waals surface area contributed by atoms with E-state index in [4.69, 9.17) is 16.6 Å². The highest BCUT2D eigenvalue weighted by molar-refractivity contribution is 7.18. The quantitative estimate of drug-likeness (QED) is 0.600. The third-order valence-corrected chi connectivity index (χ3v) is 5.56. The van der Waals surface area contributed by atoms with Crippen LogP contribution < -0.4 is 0 Å². The molecule has 0 aliphatic rings. The summed E-state index contributed by atoms with van der Waals surface area (Å²) in [7, 11) is 0. The van der Waals surface area contributed by atoms with E-state index < -0.39 is 0 Å². The van der Waals surface area contributed by atoms with Crippen LogP contribution in [0.3, 0.4) is 0 Å². The number of hydrogen-bond donors (Lipinski definition) is 0. The van der Waals surface area contributed by atoms with Crippen LogP contribution in [0.15, 0.2) is 24.3 Å². The van der Waals surface area contributed by atoms with E-state index in [0.717, 1.165) is 24.2 Å². The molecular weight excluding hydrogens is 274 g/mol. The third-order valence-electron chi connectivity index (χ3n) is 3.96. The van der Waals surface area contributed by atoms with Crippen molar-refractivity contribution in [3.8, 4) is 0 Å². The number of hydrogen-bond acceptors (Lipinski definition) is 2. The molecule has 104 valence electrons. The highest BCUT2D eigenvalue weighted by atomic mass is 35.5. The normalized spacial score (nSPS) is 14.7. The lowest BCUT2D eigenvalue weighted by molar-refractivity contribution is 0.279. The van der Waals surface area contributed by atoms with Crippen molar-refractivity contribution in [1.29, 1.82) is 0 Å². The van der Waals surface area contributed by atoms with Gasteiger partial charge in [-0.15, -0.1) is 22.9 Å². The van der Waals surface area contributed by atoms with Crippen molar-refractivity contribution in [3.63, 3.8) is 0 Å². The van der Waals surface area contributed by atoms with Crippen LogP contribution >= 0.6 is 22.9 Å². The molecule has 0 radical (unpaired) electrons. The summed E-state index contributed by atoms with van der Waals surface area (Å²) in [4.78, 5) is 4.76. The van der Waals surface area contributed by atoms with E-state index in [1.807, 2.05) is 11.3 Å². The molecule has 2 aromatic rings. The van der Waals surface area contributed by atoms with Gasteiger partial charge in [0, 0.05) is 12.3 Å². The minimum Gasteiger partial charge on any atom is -0.241 e. The van der Waals surface area contributed by atoms with Gasteiger partial charge in [0.1, 0.15) is 0 Å². The van der Waals surface area contributed by atoms with Gasteiger partial charge in [-0.1, -0.05) is 38.8 Å². The van der Waals surface area contributed by atoms with Crippen LogP contribution in [0, 0.1) is 5.41 Å². The van der Waals surface area contributed by atoms with Crippen LogP contribution in [0.5, 0.6) is 0 Å². The Hall–Kier alpha value is -0.600. The van der Waals surface area contributed by atoms with Crippen molar-refractivity contribution in [2.75, 3.05) is 5.88 Å². The zero-order valence-corrected chi connectivity index (χ0v) is 13.4. The van der Waals surface area contributed by atoms with Crippen molar-refractivity contribution in [2.45, 2.75) is 46.0 Å². The standard InChI is InChI=1S/C16H22ClNS/c1-3-5-10-16(4-2,12-17)11-15-18-13-8-6-7-9-14(13)19-15/h6-9H,3-5,10-12H2,1-2H3. The van der Waals surface area contributed by atoms with Crippen LogP contribution in [-0.4, -0.2) is 10.9 Å². The molecule has 0 spiro atoms. The van der Waals surface area contributed by atoms with E-state index in [9.17, 15) is 0 Å². The molecular formula is C16H22ClNS. The summed E-state index contributed by atoms with van der Waals surface area (Å²) >= 11 is 8.10. The zero-order valence-electron chi connectivity index (χ0n) is 11.8. The van der Waals surface area contributed by atoms with Gasteiger partial charge in [-0.3, -0.25) is 0 Å². The lowest BCUT2D eigenvalue weighted by Crippen LogP contribution is -2.25. The largest absolute Gasteiger partial charge is 0.241 e. The lowest BCUT2D eigenvalue weighted by atomic mass is 9.79. The highest BCUT2D eigenvalue weighted by Crippen LogP contribution is 2.36. The first-order chi connectivity index (χ1) is 9.23. The number of benzene rings is 1. The molecule has 0 aliphatic heterocycles. The predicted molar refractivity (Wildman–Crippen MR) is 86.3 cm³/mol. The number of thiazole rings is 1. The van der Waals surface area contributed by atoms with Gasteiger partial charge in [-0.2, -0.15) is 0 Å². The number of nitrogens with zero attached hydrogens (tertiary/aromatic N) is 1. The SMILES string of the molecule is CCCCC(CC)(CCl)Cc1nc2ccccc2s1. The predicted octanol–water partition coefficient (Wildman–Crippen LogP) is 5.66. The Morgan fingerprint density at radius 2 is 2.05 bits per heavy atom. The van der Waals surface area contributed by atoms with E-state index in [1.165, 1.54) is 29.0 Å². The van der Waals surface area contributed by atoms with E-state index in [1.54, 1.807) is 0 Å². The second-order valence-electron chi connectivity index (χ2n) is 5.34. The molecule has 1 unspecified atom stereocenters. The monoisotopic (exact) mass is 295 g/mol. The Bertz CT molecular complexity index is 483. The van der Waals surface area contributed by atoms with E-state index in [0.29, 0.717) is 0 Å². The lowest BCUT2D eigenvalue weighted by Gasteiger charge is -2.29. The molecule has 0 amide bonds. The van der Waals surface area contributed by atoms with Gasteiger partial charge in [0.25, 0.3) is 0 Å². The van der Waals surface area contributed by atoms with Crippen LogP contribution in [-0.2, 0) is 6.42 Å². The van der Waals surface area contributed by atoms with Gasteiger partial charge >= 0.3 is 0 Å². The number of rotatable bonds is 7. The average Bonchev–Trinajstić information content (AvgIpc) is 2.85. The van der Waals surface area contributed by atoms with Gasteiger partial charge in [0.05, 0.1) is 15.2 Å². The maximum atomic E-state index is 6.29. The van der Waals surface area contributed by atoms with E-state index >= 15 is 0 Å². The smallest absolute Gasteiger partial charge is 0.0944 e. The maximum Gasteiger partial charge on any atom is 0.0944 e. The molecule has 0 aliphatic carbocycles. The first-order valence-corrected chi connectivity index (χ1v) is 8.48. The van der Waals surface area contributed by atoms with Gasteiger partial charge < -0.3 is 0 Å². The number of unbranched alkanes of at least 4 members (excludes halogenated alkanes) is 1. The maximum absolute atomic E-state index is 6.29. The summed E-state index contributed by atoms with van der Waals surface area (Å²) in [6.45, 7) is 4.50. The summed E-state index contributed by atoms with van der Waals surface area (Å²) in [6, 6.07) is 8.38. The number of alkyl halides is 1. The molecule has 0 fully saturated rings. The third kappa shape index (κ3) is 3.49. The fourth-order valence-electron chi connectivity index (χ4n) is 2.47. The molecule has 1 aromatic heterocycles. The molecule has 0 saturated heterocycles. The van der Waals surface area contributed by atoms with Crippen molar-refractivity contribution < 1.29 is 0 Å². The summed E-state index contributed by atoms with van der Waals surface area (Å²) in [5.41, 5.74) is 1.35. The molecule has 19 heavy (non-hydrogen) atoms. The molecule has 1 nitrogen and oxygen atoms in total. The van der Waals surface area contributed by atoms with Crippen LogP contribution in [0.2, 0.25) is 0 Å². The number of para-hydroxylation sites is 1. The second kappa shape index (κ2) is 6.71. The van der Waals surface area contributed by atoms with Crippen molar-refractivity contribution >= 4 is 33.2 Å². The van der Waals surface area contributed by atoms with Crippen LogP contribution in [0.1, 0.15) is 44.5 Å². The number of aromatic nitrogens is 1. The van der Waals surface area contributed by atoms with Gasteiger partial charge in [-0.25, -0.2) is 4.98 Å². The summed E-state index contributed by atoms with van der Waals surface area (Å²) < 4.78 is 1.28. The Kier molecular flexibility index (Phi) is 5.23. The molecule has 1 atom stereocenters. The highest BCUT2D eigenvalue weighted by Gasteiger charge is 2.28. The minimum absolute atomic E-state index is 0.228. The first-order valence-electron chi connectivity index (χ1n) is 7.13. The van der Waals surface area contributed by atoms with Gasteiger partial charge in [0.2, 0.25) is 0 Å². The summed E-state index contributed by atoms with van der Waals surface area (Å²) in [5.74, 6) is 0.736. The molecule has 0 saturated carbocycles. The van der Waals surface area contributed by atoms with E-state index in [2.05, 4.69) is 38.1 Å².